The first-order chi connectivity index (χ1) is 9.15. The van der Waals surface area contributed by atoms with Crippen LogP contribution in [0.4, 0.5) is 0 Å². The van der Waals surface area contributed by atoms with Crippen LogP contribution >= 0.6 is 0 Å². The molecule has 3 rings (SSSR count). The number of hydrogen-bond acceptors (Lipinski definition) is 3. The summed E-state index contributed by atoms with van der Waals surface area (Å²) in [6, 6.07) is 0.184. The molecule has 0 spiro atoms. The van der Waals surface area contributed by atoms with Crippen LogP contribution in [0.2, 0.25) is 0 Å². The molecule has 0 saturated heterocycles. The van der Waals surface area contributed by atoms with E-state index in [1.807, 2.05) is 18.5 Å². The van der Waals surface area contributed by atoms with Crippen LogP contribution in [0.3, 0.4) is 0 Å². The van der Waals surface area contributed by atoms with Crippen LogP contribution in [0, 0.1) is 17.8 Å². The maximum absolute atomic E-state index is 12.8. The molecular formula is C15H22N2O2. The normalized spacial score (nSPS) is 29.2. The fraction of sp³-hybridized carbons (Fsp3) is 0.733. The van der Waals surface area contributed by atoms with Crippen molar-refractivity contribution >= 4 is 5.78 Å². The number of methoxy groups -OCH3 is 1. The number of hydrogen-bond donors (Lipinski definition) is 0. The van der Waals surface area contributed by atoms with Gasteiger partial charge >= 0.3 is 0 Å². The molecule has 0 aromatic carbocycles. The summed E-state index contributed by atoms with van der Waals surface area (Å²) < 4.78 is 7.14. The summed E-state index contributed by atoms with van der Waals surface area (Å²) in [5, 5.41) is 4.31. The van der Waals surface area contributed by atoms with Gasteiger partial charge < -0.3 is 4.74 Å². The van der Waals surface area contributed by atoms with E-state index >= 15 is 0 Å². The van der Waals surface area contributed by atoms with Gasteiger partial charge in [0.2, 0.25) is 0 Å². The van der Waals surface area contributed by atoms with Gasteiger partial charge in [0.15, 0.2) is 11.5 Å². The van der Waals surface area contributed by atoms with E-state index in [9.17, 15) is 4.79 Å². The van der Waals surface area contributed by atoms with E-state index in [4.69, 9.17) is 4.74 Å². The van der Waals surface area contributed by atoms with Crippen LogP contribution in [0.25, 0.3) is 0 Å². The average molecular weight is 262 g/mol. The predicted octanol–water partition coefficient (Wildman–Crippen LogP) is 3.09. The number of fused-ring (bicyclic) bond motifs is 1. The molecule has 2 saturated carbocycles. The summed E-state index contributed by atoms with van der Waals surface area (Å²) in [5.74, 6) is 2.36. The fourth-order valence-electron chi connectivity index (χ4n) is 3.66. The smallest absolute Gasteiger partial charge is 0.188 e. The molecule has 4 nitrogen and oxygen atoms in total. The Hall–Kier alpha value is -1.32. The molecule has 0 aliphatic heterocycles. The summed E-state index contributed by atoms with van der Waals surface area (Å²) in [5.41, 5.74) is 0.678. The van der Waals surface area contributed by atoms with Gasteiger partial charge in [-0.05, 0) is 38.5 Å². The lowest BCUT2D eigenvalue weighted by molar-refractivity contribution is 0.0940. The van der Waals surface area contributed by atoms with Gasteiger partial charge in [0.05, 0.1) is 13.3 Å². The highest BCUT2D eigenvalue weighted by Gasteiger charge is 2.55. The summed E-state index contributed by atoms with van der Waals surface area (Å²) in [4.78, 5) is 12.8. The van der Waals surface area contributed by atoms with Gasteiger partial charge in [-0.1, -0.05) is 12.8 Å². The first-order valence-electron chi connectivity index (χ1n) is 7.31. The van der Waals surface area contributed by atoms with Gasteiger partial charge in [0, 0.05) is 12.0 Å². The van der Waals surface area contributed by atoms with Gasteiger partial charge in [-0.15, -0.1) is 0 Å². The number of aromatic nitrogens is 2. The maximum Gasteiger partial charge on any atom is 0.188 e. The van der Waals surface area contributed by atoms with Gasteiger partial charge in [-0.25, -0.2) is 0 Å². The second-order valence-corrected chi connectivity index (χ2v) is 6.10. The molecule has 2 aliphatic rings. The number of carbonyl (C=O) groups excluding carboxylic acids is 1. The quantitative estimate of drug-likeness (QED) is 0.783. The topological polar surface area (TPSA) is 44.1 Å². The van der Waals surface area contributed by atoms with Crippen molar-refractivity contribution in [3.05, 3.63) is 11.9 Å². The lowest BCUT2D eigenvalue weighted by Crippen LogP contribution is -2.16. The molecule has 1 aromatic heterocycles. The molecule has 2 fully saturated rings. The number of Topliss-reactive ketones (excluding diaryl/α,β-unsaturated/α-hetero) is 1. The Morgan fingerprint density at radius 1 is 1.37 bits per heavy atom. The van der Waals surface area contributed by atoms with Crippen LogP contribution in [-0.2, 0) is 0 Å². The molecule has 104 valence electrons. The molecule has 0 radical (unpaired) electrons. The molecule has 0 bridgehead atoms. The lowest BCUT2D eigenvalue weighted by atomic mass is 10.0. The van der Waals surface area contributed by atoms with Crippen molar-refractivity contribution in [1.29, 1.82) is 0 Å². The van der Waals surface area contributed by atoms with Crippen molar-refractivity contribution in [3.63, 3.8) is 0 Å². The highest BCUT2D eigenvalue weighted by molar-refractivity contribution is 6.01. The highest BCUT2D eigenvalue weighted by atomic mass is 16.5. The number of carbonyl (C=O) groups is 1. The maximum atomic E-state index is 12.8. The minimum atomic E-state index is 0.184. The van der Waals surface area contributed by atoms with Crippen molar-refractivity contribution in [3.8, 4) is 5.75 Å². The Balaban J connectivity index is 1.89. The summed E-state index contributed by atoms with van der Waals surface area (Å²) in [6.07, 6.45) is 6.68. The van der Waals surface area contributed by atoms with E-state index < -0.39 is 0 Å². The second-order valence-electron chi connectivity index (χ2n) is 6.10. The minimum absolute atomic E-state index is 0.184. The van der Waals surface area contributed by atoms with Crippen LogP contribution < -0.4 is 4.74 Å². The van der Waals surface area contributed by atoms with Crippen LogP contribution in [-0.4, -0.2) is 22.7 Å². The van der Waals surface area contributed by atoms with Gasteiger partial charge in [0.1, 0.15) is 5.69 Å². The Morgan fingerprint density at radius 2 is 2.00 bits per heavy atom. The third-order valence-corrected chi connectivity index (χ3v) is 4.66. The number of ether oxygens (including phenoxy) is 1. The summed E-state index contributed by atoms with van der Waals surface area (Å²) in [6.45, 7) is 4.09. The molecule has 4 heteroatoms. The summed E-state index contributed by atoms with van der Waals surface area (Å²) in [7, 11) is 1.61. The molecule has 0 amide bonds. The van der Waals surface area contributed by atoms with Gasteiger partial charge in [-0.2, -0.15) is 5.10 Å². The SMILES string of the molecule is COc1cnn(C(C)C)c1C(=O)C1C2CCCCC21. The Morgan fingerprint density at radius 3 is 2.53 bits per heavy atom. The van der Waals surface area contributed by atoms with Crippen molar-refractivity contribution in [2.75, 3.05) is 7.11 Å². The predicted molar refractivity (Wildman–Crippen MR) is 72.4 cm³/mol. The summed E-state index contributed by atoms with van der Waals surface area (Å²) >= 11 is 0. The van der Waals surface area contributed by atoms with E-state index in [1.165, 1.54) is 25.7 Å². The van der Waals surface area contributed by atoms with Crippen LogP contribution in [0.15, 0.2) is 6.20 Å². The molecule has 1 aromatic rings. The van der Waals surface area contributed by atoms with Crippen molar-refractivity contribution in [2.24, 2.45) is 17.8 Å². The first-order valence-corrected chi connectivity index (χ1v) is 7.31. The van der Waals surface area contributed by atoms with E-state index in [-0.39, 0.29) is 17.7 Å². The Bertz CT molecular complexity index is 480. The standard InChI is InChI=1S/C15H22N2O2/c1-9(2)17-14(12(19-3)8-16-17)15(18)13-10-6-4-5-7-11(10)13/h8-11,13H,4-7H2,1-3H3. The second kappa shape index (κ2) is 4.66. The lowest BCUT2D eigenvalue weighted by Gasteiger charge is -2.11. The zero-order valence-electron chi connectivity index (χ0n) is 11.9. The monoisotopic (exact) mass is 262 g/mol. The van der Waals surface area contributed by atoms with Crippen LogP contribution in [0.5, 0.6) is 5.75 Å². The van der Waals surface area contributed by atoms with Crippen molar-refractivity contribution in [2.45, 2.75) is 45.6 Å². The zero-order chi connectivity index (χ0) is 13.6. The van der Waals surface area contributed by atoms with Gasteiger partial charge in [-0.3, -0.25) is 9.48 Å². The average Bonchev–Trinajstić information content (AvgIpc) is 2.96. The number of rotatable bonds is 4. The Labute approximate surface area is 114 Å². The molecule has 0 N–H and O–H groups in total. The Kier molecular flexibility index (Phi) is 3.11. The van der Waals surface area contributed by atoms with Crippen molar-refractivity contribution in [1.82, 2.24) is 9.78 Å². The third-order valence-electron chi connectivity index (χ3n) is 4.66. The fourth-order valence-corrected chi connectivity index (χ4v) is 3.66. The largest absolute Gasteiger partial charge is 0.493 e. The molecule has 2 unspecified atom stereocenters. The molecule has 1 heterocycles. The zero-order valence-corrected chi connectivity index (χ0v) is 11.9. The number of ketones is 1. The molecular weight excluding hydrogens is 240 g/mol. The molecule has 2 aliphatic carbocycles. The van der Waals surface area contributed by atoms with E-state index in [1.54, 1.807) is 13.3 Å². The van der Waals surface area contributed by atoms with E-state index in [0.717, 1.165) is 0 Å². The molecule has 19 heavy (non-hydrogen) atoms. The minimum Gasteiger partial charge on any atom is -0.493 e. The van der Waals surface area contributed by atoms with E-state index in [0.29, 0.717) is 23.3 Å². The highest BCUT2D eigenvalue weighted by Crippen LogP contribution is 2.57. The number of nitrogens with zero attached hydrogens (tertiary/aromatic N) is 2. The van der Waals surface area contributed by atoms with E-state index in [2.05, 4.69) is 5.10 Å². The van der Waals surface area contributed by atoms with Crippen LogP contribution in [0.1, 0.15) is 56.1 Å². The third kappa shape index (κ3) is 1.97. The molecule has 2 atom stereocenters. The van der Waals surface area contributed by atoms with Crippen molar-refractivity contribution < 1.29 is 9.53 Å². The first kappa shape index (κ1) is 12.7. The van der Waals surface area contributed by atoms with Gasteiger partial charge in [0.25, 0.3) is 0 Å².